The zero-order chi connectivity index (χ0) is 10.1. The van der Waals surface area contributed by atoms with Gasteiger partial charge in [0.15, 0.2) is 0 Å². The van der Waals surface area contributed by atoms with Crippen LogP contribution in [0.4, 0.5) is 0 Å². The molecule has 1 atom stereocenters. The minimum Gasteiger partial charge on any atom is -0.392 e. The third kappa shape index (κ3) is 1.61. The van der Waals surface area contributed by atoms with Gasteiger partial charge in [0.1, 0.15) is 0 Å². The van der Waals surface area contributed by atoms with Gasteiger partial charge in [0.2, 0.25) is 0 Å². The van der Waals surface area contributed by atoms with E-state index in [0.29, 0.717) is 17.9 Å². The first-order valence-electron chi connectivity index (χ1n) is 4.44. The summed E-state index contributed by atoms with van der Waals surface area (Å²) in [4.78, 5) is 0. The maximum absolute atomic E-state index is 9.56. The van der Waals surface area contributed by atoms with Crippen molar-refractivity contribution < 1.29 is 5.11 Å². The molecule has 0 saturated carbocycles. The monoisotopic (exact) mass is 210 g/mol. The van der Waals surface area contributed by atoms with Crippen LogP contribution in [0, 0.1) is 0 Å². The van der Waals surface area contributed by atoms with E-state index >= 15 is 0 Å². The minimum atomic E-state index is -0.383. The second kappa shape index (κ2) is 3.59. The molecule has 0 radical (unpaired) electrons. The lowest BCUT2D eigenvalue weighted by Crippen LogP contribution is -2.25. The normalized spacial score (nSPS) is 23.6. The predicted molar refractivity (Wildman–Crippen MR) is 56.5 cm³/mol. The number of benzene rings is 1. The van der Waals surface area contributed by atoms with Crippen LogP contribution in [0.3, 0.4) is 0 Å². The fourth-order valence-electron chi connectivity index (χ4n) is 1.78. The Hall–Kier alpha value is -1.06. The topological polar surface area (TPSA) is 58.6 Å². The van der Waals surface area contributed by atoms with Gasteiger partial charge in [-0.15, -0.1) is 0 Å². The van der Waals surface area contributed by atoms with Crippen LogP contribution >= 0.6 is 11.6 Å². The number of hydrogen-bond acceptors (Lipinski definition) is 3. The Balaban J connectivity index is 2.52. The van der Waals surface area contributed by atoms with Crippen LogP contribution in [-0.2, 0) is 6.42 Å². The first-order valence-corrected chi connectivity index (χ1v) is 4.82. The molecule has 1 unspecified atom stereocenters. The number of rotatable bonds is 0. The molecule has 0 heterocycles. The molecule has 0 aliphatic heterocycles. The first-order chi connectivity index (χ1) is 6.70. The van der Waals surface area contributed by atoms with E-state index in [1.807, 2.05) is 18.2 Å². The van der Waals surface area contributed by atoms with E-state index in [1.54, 1.807) is 0 Å². The van der Waals surface area contributed by atoms with Gasteiger partial charge in [-0.05, 0) is 24.1 Å². The van der Waals surface area contributed by atoms with Crippen molar-refractivity contribution in [1.82, 2.24) is 0 Å². The summed E-state index contributed by atoms with van der Waals surface area (Å²) in [6, 6.07) is 5.56. The van der Waals surface area contributed by atoms with Crippen molar-refractivity contribution in [3.63, 3.8) is 0 Å². The molecule has 0 spiro atoms. The molecule has 1 aliphatic rings. The van der Waals surface area contributed by atoms with E-state index in [0.717, 1.165) is 16.8 Å². The van der Waals surface area contributed by atoms with Gasteiger partial charge >= 0.3 is 0 Å². The lowest BCUT2D eigenvalue weighted by atomic mass is 9.88. The average molecular weight is 211 g/mol. The number of fused-ring (bicyclic) bond motifs is 1. The zero-order valence-electron chi connectivity index (χ0n) is 7.57. The van der Waals surface area contributed by atoms with E-state index in [-0.39, 0.29) is 6.10 Å². The number of halogens is 1. The average Bonchev–Trinajstić information content (AvgIpc) is 2.17. The van der Waals surface area contributed by atoms with Gasteiger partial charge in [-0.25, -0.2) is 0 Å². The molecule has 4 heteroatoms. The van der Waals surface area contributed by atoms with Gasteiger partial charge < -0.3 is 10.9 Å². The molecular weight excluding hydrogens is 200 g/mol. The molecule has 0 saturated heterocycles. The van der Waals surface area contributed by atoms with Crippen LogP contribution in [0.15, 0.2) is 23.3 Å². The van der Waals surface area contributed by atoms with Crippen molar-refractivity contribution in [1.29, 1.82) is 0 Å². The lowest BCUT2D eigenvalue weighted by molar-refractivity contribution is 0.180. The second-order valence-electron chi connectivity index (χ2n) is 3.44. The summed E-state index contributed by atoms with van der Waals surface area (Å²) in [6.07, 6.45) is 0.765. The smallest absolute Gasteiger partial charge is 0.0701 e. The Bertz CT molecular complexity index is 390. The van der Waals surface area contributed by atoms with Gasteiger partial charge in [0.05, 0.1) is 11.8 Å². The molecule has 14 heavy (non-hydrogen) atoms. The molecule has 1 aromatic carbocycles. The Morgan fingerprint density at radius 1 is 1.43 bits per heavy atom. The van der Waals surface area contributed by atoms with E-state index in [4.69, 9.17) is 17.4 Å². The van der Waals surface area contributed by atoms with Crippen molar-refractivity contribution in [3.05, 3.63) is 34.3 Å². The highest BCUT2D eigenvalue weighted by atomic mass is 35.5. The molecule has 3 N–H and O–H groups in total. The summed E-state index contributed by atoms with van der Waals surface area (Å²) < 4.78 is 0. The molecule has 1 aromatic rings. The fraction of sp³-hybridized carbons (Fsp3) is 0.300. The number of aliphatic hydroxyl groups is 1. The number of hydrogen-bond donors (Lipinski definition) is 2. The number of nitrogens with two attached hydrogens (primary N) is 1. The van der Waals surface area contributed by atoms with Crippen molar-refractivity contribution in [2.24, 2.45) is 10.9 Å². The predicted octanol–water partition coefficient (Wildman–Crippen LogP) is 1.31. The molecule has 2 rings (SSSR count). The van der Waals surface area contributed by atoms with Gasteiger partial charge in [-0.2, -0.15) is 5.10 Å². The molecule has 0 fully saturated rings. The van der Waals surface area contributed by atoms with Crippen LogP contribution < -0.4 is 5.84 Å². The maximum atomic E-state index is 9.56. The van der Waals surface area contributed by atoms with Crippen LogP contribution in [0.1, 0.15) is 17.5 Å². The van der Waals surface area contributed by atoms with E-state index < -0.39 is 0 Å². The molecule has 74 valence electrons. The minimum absolute atomic E-state index is 0.383. The van der Waals surface area contributed by atoms with E-state index in [9.17, 15) is 5.11 Å². The van der Waals surface area contributed by atoms with Crippen molar-refractivity contribution in [2.75, 3.05) is 0 Å². The lowest BCUT2D eigenvalue weighted by Gasteiger charge is -2.21. The molecule has 0 aromatic heterocycles. The summed E-state index contributed by atoms with van der Waals surface area (Å²) in [5.74, 6) is 5.26. The number of aliphatic hydroxyl groups excluding tert-OH is 1. The van der Waals surface area contributed by atoms with Crippen LogP contribution in [0.5, 0.6) is 0 Å². The van der Waals surface area contributed by atoms with Crippen molar-refractivity contribution in [2.45, 2.75) is 18.9 Å². The fourth-order valence-corrected chi connectivity index (χ4v) is 1.95. The summed E-state index contributed by atoms with van der Waals surface area (Å²) >= 11 is 5.88. The Morgan fingerprint density at radius 2 is 2.21 bits per heavy atom. The highest BCUT2D eigenvalue weighted by Crippen LogP contribution is 2.24. The quantitative estimate of drug-likeness (QED) is 0.501. The number of nitrogens with zero attached hydrogens (tertiary/aromatic N) is 1. The Kier molecular flexibility index (Phi) is 2.44. The summed E-state index contributed by atoms with van der Waals surface area (Å²) in [7, 11) is 0. The zero-order valence-corrected chi connectivity index (χ0v) is 8.33. The highest BCUT2D eigenvalue weighted by Gasteiger charge is 2.21. The largest absolute Gasteiger partial charge is 0.392 e. The van der Waals surface area contributed by atoms with Crippen LogP contribution in [0.2, 0.25) is 5.02 Å². The third-order valence-corrected chi connectivity index (χ3v) is 2.66. The van der Waals surface area contributed by atoms with Crippen LogP contribution in [0.25, 0.3) is 0 Å². The van der Waals surface area contributed by atoms with Crippen molar-refractivity contribution in [3.8, 4) is 0 Å². The summed E-state index contributed by atoms with van der Waals surface area (Å²) in [6.45, 7) is 0. The molecule has 0 bridgehead atoms. The third-order valence-electron chi connectivity index (χ3n) is 2.42. The van der Waals surface area contributed by atoms with Crippen LogP contribution in [-0.4, -0.2) is 16.9 Å². The Labute approximate surface area is 87.2 Å². The van der Waals surface area contributed by atoms with E-state index in [2.05, 4.69) is 5.10 Å². The SMILES string of the molecule is NN=C1CC(O)Cc2ccc(Cl)cc21. The first kappa shape index (κ1) is 9.49. The molecular formula is C10H11ClN2O. The van der Waals surface area contributed by atoms with Gasteiger partial charge in [0.25, 0.3) is 0 Å². The molecule has 3 nitrogen and oxygen atoms in total. The molecule has 1 aliphatic carbocycles. The van der Waals surface area contributed by atoms with Gasteiger partial charge in [0, 0.05) is 17.0 Å². The maximum Gasteiger partial charge on any atom is 0.0701 e. The number of hydrazone groups is 1. The van der Waals surface area contributed by atoms with E-state index in [1.165, 1.54) is 0 Å². The second-order valence-corrected chi connectivity index (χ2v) is 3.88. The van der Waals surface area contributed by atoms with Gasteiger partial charge in [-0.3, -0.25) is 0 Å². The van der Waals surface area contributed by atoms with Crippen molar-refractivity contribution >= 4 is 17.3 Å². The summed E-state index contributed by atoms with van der Waals surface area (Å²) in [5, 5.41) is 13.9. The summed E-state index contributed by atoms with van der Waals surface area (Å²) in [5.41, 5.74) is 2.74. The molecule has 0 amide bonds. The van der Waals surface area contributed by atoms with Gasteiger partial charge in [-0.1, -0.05) is 17.7 Å². The Morgan fingerprint density at radius 3 is 2.93 bits per heavy atom. The standard InChI is InChI=1S/C10H11ClN2O/c11-7-2-1-6-3-8(14)5-10(13-12)9(6)4-7/h1-2,4,8,14H,3,5,12H2. The highest BCUT2D eigenvalue weighted by molar-refractivity contribution is 6.31.